The summed E-state index contributed by atoms with van der Waals surface area (Å²) in [5.74, 6) is 0.183. The van der Waals surface area contributed by atoms with Crippen LogP contribution in [0.3, 0.4) is 0 Å². The number of hydrogen-bond acceptors (Lipinski definition) is 2. The minimum atomic E-state index is -0.500. The summed E-state index contributed by atoms with van der Waals surface area (Å²) >= 11 is 0. The third-order valence-electron chi connectivity index (χ3n) is 4.93. The summed E-state index contributed by atoms with van der Waals surface area (Å²) in [5.41, 5.74) is -0.500. The Morgan fingerprint density at radius 2 is 1.22 bits per heavy atom. The number of fused-ring (bicyclic) bond motifs is 1. The summed E-state index contributed by atoms with van der Waals surface area (Å²) in [6, 6.07) is 0. The Balaban J connectivity index is 1.75. The minimum absolute atomic E-state index is 0.183. The molecule has 0 aromatic carbocycles. The van der Waals surface area contributed by atoms with Gasteiger partial charge >= 0.3 is 0 Å². The molecule has 3 atom stereocenters. The molecule has 2 fully saturated rings. The SMILES string of the molecule is OC1CCCCCCCCCCCCC2(O)CC12. The zero-order chi connectivity index (χ0) is 12.8. The Labute approximate surface area is 112 Å². The van der Waals surface area contributed by atoms with Crippen LogP contribution in [0.5, 0.6) is 0 Å². The van der Waals surface area contributed by atoms with Gasteiger partial charge in [-0.25, -0.2) is 0 Å². The maximum Gasteiger partial charge on any atom is 0.0706 e. The third-order valence-corrected chi connectivity index (χ3v) is 4.93. The van der Waals surface area contributed by atoms with Gasteiger partial charge in [0, 0.05) is 5.92 Å². The van der Waals surface area contributed by atoms with Crippen molar-refractivity contribution in [3.63, 3.8) is 0 Å². The summed E-state index contributed by atoms with van der Waals surface area (Å²) in [5, 5.41) is 20.4. The van der Waals surface area contributed by atoms with Crippen molar-refractivity contribution in [3.8, 4) is 0 Å². The largest absolute Gasteiger partial charge is 0.393 e. The standard InChI is InChI=1S/C16H30O2/c17-15-11-9-7-5-3-1-2-4-6-8-10-12-16(18)13-14(15)16/h14-15,17-18H,1-13H2. The second-order valence-corrected chi connectivity index (χ2v) is 6.56. The normalized spacial score (nSPS) is 40.3. The highest BCUT2D eigenvalue weighted by Gasteiger charge is 2.55. The molecule has 3 unspecified atom stereocenters. The molecule has 0 aliphatic heterocycles. The van der Waals surface area contributed by atoms with Gasteiger partial charge in [0.25, 0.3) is 0 Å². The number of aliphatic hydroxyl groups excluding tert-OH is 1. The number of aliphatic hydroxyl groups is 2. The Kier molecular flexibility index (Phi) is 5.50. The molecule has 106 valence electrons. The van der Waals surface area contributed by atoms with Gasteiger partial charge in [-0.3, -0.25) is 0 Å². The van der Waals surface area contributed by atoms with Crippen molar-refractivity contribution in [3.05, 3.63) is 0 Å². The quantitative estimate of drug-likeness (QED) is 0.690. The highest BCUT2D eigenvalue weighted by atomic mass is 16.3. The van der Waals surface area contributed by atoms with Gasteiger partial charge in [-0.15, -0.1) is 0 Å². The third kappa shape index (κ3) is 4.24. The van der Waals surface area contributed by atoms with E-state index >= 15 is 0 Å². The van der Waals surface area contributed by atoms with Gasteiger partial charge in [0.15, 0.2) is 0 Å². The summed E-state index contributed by atoms with van der Waals surface area (Å²) in [6.45, 7) is 0. The lowest BCUT2D eigenvalue weighted by molar-refractivity contribution is 0.0586. The van der Waals surface area contributed by atoms with Crippen LogP contribution in [0.4, 0.5) is 0 Å². The molecular weight excluding hydrogens is 224 g/mol. The lowest BCUT2D eigenvalue weighted by Crippen LogP contribution is -2.20. The number of hydrogen-bond donors (Lipinski definition) is 2. The molecule has 0 radical (unpaired) electrons. The van der Waals surface area contributed by atoms with Crippen LogP contribution < -0.4 is 0 Å². The molecule has 0 spiro atoms. The van der Waals surface area contributed by atoms with Crippen molar-refractivity contribution in [1.29, 1.82) is 0 Å². The molecule has 0 aromatic rings. The van der Waals surface area contributed by atoms with Crippen molar-refractivity contribution >= 4 is 0 Å². The topological polar surface area (TPSA) is 40.5 Å². The van der Waals surface area contributed by atoms with Gasteiger partial charge in [0.2, 0.25) is 0 Å². The molecule has 2 aliphatic carbocycles. The van der Waals surface area contributed by atoms with Crippen LogP contribution in [0.25, 0.3) is 0 Å². The van der Waals surface area contributed by atoms with Crippen LogP contribution in [0, 0.1) is 5.92 Å². The van der Waals surface area contributed by atoms with Gasteiger partial charge in [-0.1, -0.05) is 64.2 Å². The molecule has 2 nitrogen and oxygen atoms in total. The first kappa shape index (κ1) is 14.3. The summed E-state index contributed by atoms with van der Waals surface area (Å²) < 4.78 is 0. The molecule has 0 bridgehead atoms. The first-order valence-electron chi connectivity index (χ1n) is 8.13. The van der Waals surface area contributed by atoms with Crippen LogP contribution in [0.15, 0.2) is 0 Å². The van der Waals surface area contributed by atoms with E-state index < -0.39 is 5.60 Å². The van der Waals surface area contributed by atoms with Crippen molar-refractivity contribution in [2.45, 2.75) is 95.2 Å². The molecule has 2 rings (SSSR count). The van der Waals surface area contributed by atoms with Gasteiger partial charge in [0.05, 0.1) is 11.7 Å². The van der Waals surface area contributed by atoms with Crippen LogP contribution in [0.1, 0.15) is 83.5 Å². The lowest BCUT2D eigenvalue weighted by atomic mass is 10.0. The van der Waals surface area contributed by atoms with Crippen LogP contribution >= 0.6 is 0 Å². The van der Waals surface area contributed by atoms with E-state index in [4.69, 9.17) is 0 Å². The first-order valence-corrected chi connectivity index (χ1v) is 8.13. The zero-order valence-corrected chi connectivity index (χ0v) is 11.7. The fourth-order valence-electron chi connectivity index (χ4n) is 3.50. The Hall–Kier alpha value is -0.0800. The molecule has 0 heterocycles. The predicted molar refractivity (Wildman–Crippen MR) is 74.5 cm³/mol. The number of rotatable bonds is 0. The van der Waals surface area contributed by atoms with Crippen molar-refractivity contribution in [2.75, 3.05) is 0 Å². The first-order chi connectivity index (χ1) is 8.72. The van der Waals surface area contributed by atoms with Gasteiger partial charge < -0.3 is 10.2 Å². The molecular formula is C16H30O2. The zero-order valence-electron chi connectivity index (χ0n) is 11.7. The highest BCUT2D eigenvalue weighted by Crippen LogP contribution is 2.50. The Morgan fingerprint density at radius 3 is 1.83 bits per heavy atom. The van der Waals surface area contributed by atoms with E-state index in [1.807, 2.05) is 0 Å². The second-order valence-electron chi connectivity index (χ2n) is 6.56. The van der Waals surface area contributed by atoms with Crippen molar-refractivity contribution < 1.29 is 10.2 Å². The maximum absolute atomic E-state index is 10.3. The lowest BCUT2D eigenvalue weighted by Gasteiger charge is -2.14. The molecule has 2 N–H and O–H groups in total. The molecule has 0 aromatic heterocycles. The van der Waals surface area contributed by atoms with E-state index in [1.165, 1.54) is 51.4 Å². The fraction of sp³-hybridized carbons (Fsp3) is 1.00. The summed E-state index contributed by atoms with van der Waals surface area (Å²) in [7, 11) is 0. The monoisotopic (exact) mass is 254 g/mol. The predicted octanol–water partition coefficient (Wildman–Crippen LogP) is 3.79. The summed E-state index contributed by atoms with van der Waals surface area (Å²) in [4.78, 5) is 0. The van der Waals surface area contributed by atoms with E-state index in [-0.39, 0.29) is 12.0 Å². The average molecular weight is 254 g/mol. The fourth-order valence-corrected chi connectivity index (χ4v) is 3.50. The molecule has 18 heavy (non-hydrogen) atoms. The Morgan fingerprint density at radius 1 is 0.722 bits per heavy atom. The molecule has 2 heteroatoms. The maximum atomic E-state index is 10.3. The highest BCUT2D eigenvalue weighted by molar-refractivity contribution is 5.06. The summed E-state index contributed by atoms with van der Waals surface area (Å²) in [6.07, 6.45) is 15.3. The molecule has 0 amide bonds. The smallest absolute Gasteiger partial charge is 0.0706 e. The van der Waals surface area contributed by atoms with E-state index in [1.54, 1.807) is 0 Å². The van der Waals surface area contributed by atoms with Crippen molar-refractivity contribution in [1.82, 2.24) is 0 Å². The average Bonchev–Trinajstić information content (AvgIpc) is 3.02. The second kappa shape index (κ2) is 6.91. The Bertz CT molecular complexity index is 241. The van der Waals surface area contributed by atoms with E-state index in [0.29, 0.717) is 0 Å². The van der Waals surface area contributed by atoms with Crippen LogP contribution in [0.2, 0.25) is 0 Å². The van der Waals surface area contributed by atoms with Crippen molar-refractivity contribution in [2.24, 2.45) is 5.92 Å². The molecule has 0 saturated heterocycles. The van der Waals surface area contributed by atoms with Gasteiger partial charge in [0.1, 0.15) is 0 Å². The van der Waals surface area contributed by atoms with Crippen LogP contribution in [-0.2, 0) is 0 Å². The van der Waals surface area contributed by atoms with Gasteiger partial charge in [-0.2, -0.15) is 0 Å². The van der Waals surface area contributed by atoms with E-state index in [9.17, 15) is 10.2 Å². The van der Waals surface area contributed by atoms with Crippen LogP contribution in [-0.4, -0.2) is 21.9 Å². The minimum Gasteiger partial charge on any atom is -0.393 e. The van der Waals surface area contributed by atoms with E-state index in [2.05, 4.69) is 0 Å². The van der Waals surface area contributed by atoms with E-state index in [0.717, 1.165) is 32.1 Å². The molecule has 2 saturated carbocycles. The van der Waals surface area contributed by atoms with Gasteiger partial charge in [-0.05, 0) is 19.3 Å². The molecule has 2 aliphatic rings.